The normalized spacial score (nSPS) is 14.6. The van der Waals surface area contributed by atoms with Gasteiger partial charge in [0, 0.05) is 6.61 Å². The van der Waals surface area contributed by atoms with Gasteiger partial charge < -0.3 is 20.8 Å². The highest BCUT2D eigenvalue weighted by molar-refractivity contribution is 7.08. The number of carbonyl (C=O) groups is 1. The second-order valence-electron chi connectivity index (χ2n) is 5.94. The molecule has 1 aromatic heterocycles. The maximum absolute atomic E-state index is 12.2. The number of amides is 2. The molecular weight excluding hydrogens is 324 g/mol. The van der Waals surface area contributed by atoms with Crippen LogP contribution in [0.1, 0.15) is 36.9 Å². The van der Waals surface area contributed by atoms with Crippen LogP contribution in [-0.2, 0) is 5.60 Å². The lowest BCUT2D eigenvalue weighted by molar-refractivity contribution is 0.0597. The maximum atomic E-state index is 12.2. The molecule has 2 amide bonds. The second-order valence-corrected chi connectivity index (χ2v) is 6.72. The zero-order chi connectivity index (χ0) is 17.4. The molecule has 0 bridgehead atoms. The highest BCUT2D eigenvalue weighted by Gasteiger charge is 2.24. The van der Waals surface area contributed by atoms with Crippen LogP contribution < -0.4 is 10.6 Å². The van der Waals surface area contributed by atoms with E-state index in [0.717, 1.165) is 11.1 Å². The van der Waals surface area contributed by atoms with E-state index in [1.54, 1.807) is 6.92 Å². The summed E-state index contributed by atoms with van der Waals surface area (Å²) in [6.07, 6.45) is 1.25. The van der Waals surface area contributed by atoms with Gasteiger partial charge in [0.1, 0.15) is 5.60 Å². The second kappa shape index (κ2) is 8.82. The summed E-state index contributed by atoms with van der Waals surface area (Å²) in [4.78, 5) is 12.2. The summed E-state index contributed by atoms with van der Waals surface area (Å²) >= 11 is 1.51. The number of aliphatic hydroxyl groups is 2. The quantitative estimate of drug-likeness (QED) is 0.592. The van der Waals surface area contributed by atoms with Crippen LogP contribution in [0.25, 0.3) is 0 Å². The van der Waals surface area contributed by atoms with Gasteiger partial charge in [-0.05, 0) is 47.7 Å². The molecule has 0 fully saturated rings. The molecule has 0 saturated carbocycles. The summed E-state index contributed by atoms with van der Waals surface area (Å²) in [5.74, 6) is 0. The number of hydrogen-bond acceptors (Lipinski definition) is 4. The van der Waals surface area contributed by atoms with E-state index in [-0.39, 0.29) is 25.2 Å². The van der Waals surface area contributed by atoms with E-state index in [1.165, 1.54) is 11.3 Å². The molecule has 2 rings (SSSR count). The molecule has 5 nitrogen and oxygen atoms in total. The molecule has 24 heavy (non-hydrogen) atoms. The Labute approximate surface area is 146 Å². The van der Waals surface area contributed by atoms with Crippen molar-refractivity contribution >= 4 is 17.4 Å². The largest absolute Gasteiger partial charge is 0.396 e. The zero-order valence-corrected chi connectivity index (χ0v) is 14.6. The Kier molecular flexibility index (Phi) is 6.78. The summed E-state index contributed by atoms with van der Waals surface area (Å²) in [5, 5.41) is 28.9. The third-order valence-electron chi connectivity index (χ3n) is 3.89. The van der Waals surface area contributed by atoms with Crippen LogP contribution in [0.5, 0.6) is 0 Å². The van der Waals surface area contributed by atoms with Crippen LogP contribution in [0, 0.1) is 0 Å². The molecule has 0 aliphatic rings. The number of rotatable bonds is 8. The summed E-state index contributed by atoms with van der Waals surface area (Å²) in [7, 11) is 0. The lowest BCUT2D eigenvalue weighted by Gasteiger charge is -2.24. The predicted octanol–water partition coefficient (Wildman–Crippen LogP) is 2.77. The summed E-state index contributed by atoms with van der Waals surface area (Å²) in [6.45, 7) is 1.88. The van der Waals surface area contributed by atoms with Crippen molar-refractivity contribution in [3.05, 3.63) is 58.3 Å². The van der Waals surface area contributed by atoms with Gasteiger partial charge >= 0.3 is 6.03 Å². The van der Waals surface area contributed by atoms with E-state index in [1.807, 2.05) is 47.2 Å². The standard InChI is InChI=1S/C18H24N2O3S/c1-18(23,15-9-11-24-12-15)13-19-17(22)20-16(8-5-10-21)14-6-3-2-4-7-14/h2-4,6-7,9,11-12,16,21,23H,5,8,10,13H2,1H3,(H2,19,20,22). The van der Waals surface area contributed by atoms with Gasteiger partial charge in [0.25, 0.3) is 0 Å². The lowest BCUT2D eigenvalue weighted by Crippen LogP contribution is -2.44. The van der Waals surface area contributed by atoms with Gasteiger partial charge in [0.05, 0.1) is 12.6 Å². The first-order valence-electron chi connectivity index (χ1n) is 7.98. The topological polar surface area (TPSA) is 81.6 Å². The van der Waals surface area contributed by atoms with Crippen LogP contribution in [0.2, 0.25) is 0 Å². The van der Waals surface area contributed by atoms with Gasteiger partial charge in [-0.2, -0.15) is 11.3 Å². The van der Waals surface area contributed by atoms with Crippen LogP contribution in [0.15, 0.2) is 47.2 Å². The molecule has 2 aromatic rings. The molecule has 1 aromatic carbocycles. The van der Waals surface area contributed by atoms with Crippen molar-refractivity contribution in [1.29, 1.82) is 0 Å². The molecule has 0 aliphatic heterocycles. The highest BCUT2D eigenvalue weighted by atomic mass is 32.1. The number of aliphatic hydroxyl groups excluding tert-OH is 1. The monoisotopic (exact) mass is 348 g/mol. The first-order valence-corrected chi connectivity index (χ1v) is 8.92. The molecule has 0 saturated heterocycles. The molecule has 0 spiro atoms. The van der Waals surface area contributed by atoms with E-state index in [0.29, 0.717) is 12.8 Å². The number of thiophene rings is 1. The third-order valence-corrected chi connectivity index (χ3v) is 4.58. The van der Waals surface area contributed by atoms with Crippen molar-refractivity contribution in [3.8, 4) is 0 Å². The van der Waals surface area contributed by atoms with Crippen molar-refractivity contribution in [2.24, 2.45) is 0 Å². The summed E-state index contributed by atoms with van der Waals surface area (Å²) < 4.78 is 0. The third kappa shape index (κ3) is 5.33. The summed E-state index contributed by atoms with van der Waals surface area (Å²) in [6, 6.07) is 11.0. The minimum atomic E-state index is -1.11. The Hall–Kier alpha value is -1.89. The average Bonchev–Trinajstić information content (AvgIpc) is 3.13. The van der Waals surface area contributed by atoms with Gasteiger partial charge in [-0.1, -0.05) is 30.3 Å². The van der Waals surface area contributed by atoms with Crippen molar-refractivity contribution in [3.63, 3.8) is 0 Å². The molecule has 1 heterocycles. The number of urea groups is 1. The Morgan fingerprint density at radius 1 is 1.29 bits per heavy atom. The number of benzene rings is 1. The SMILES string of the molecule is CC(O)(CNC(=O)NC(CCCO)c1ccccc1)c1ccsc1. The first kappa shape index (κ1) is 18.4. The summed E-state index contributed by atoms with van der Waals surface area (Å²) in [5.41, 5.74) is 0.670. The van der Waals surface area contributed by atoms with Crippen LogP contribution in [-0.4, -0.2) is 29.4 Å². The molecule has 2 unspecified atom stereocenters. The fraction of sp³-hybridized carbons (Fsp3) is 0.389. The van der Waals surface area contributed by atoms with Crippen LogP contribution in [0.3, 0.4) is 0 Å². The number of nitrogens with one attached hydrogen (secondary N) is 2. The fourth-order valence-corrected chi connectivity index (χ4v) is 3.22. The molecule has 2 atom stereocenters. The number of carbonyl (C=O) groups excluding carboxylic acids is 1. The van der Waals surface area contributed by atoms with E-state index < -0.39 is 5.60 Å². The molecule has 4 N–H and O–H groups in total. The van der Waals surface area contributed by atoms with Crippen molar-refractivity contribution in [1.82, 2.24) is 10.6 Å². The van der Waals surface area contributed by atoms with E-state index in [4.69, 9.17) is 5.11 Å². The average molecular weight is 348 g/mol. The molecule has 0 aliphatic carbocycles. The molecule has 0 radical (unpaired) electrons. The predicted molar refractivity (Wildman–Crippen MR) is 95.9 cm³/mol. The molecule has 130 valence electrons. The lowest BCUT2D eigenvalue weighted by atomic mass is 9.99. The van der Waals surface area contributed by atoms with Gasteiger partial charge in [-0.3, -0.25) is 0 Å². The fourth-order valence-electron chi connectivity index (χ4n) is 2.44. The van der Waals surface area contributed by atoms with E-state index in [9.17, 15) is 9.90 Å². The van der Waals surface area contributed by atoms with E-state index in [2.05, 4.69) is 10.6 Å². The minimum Gasteiger partial charge on any atom is -0.396 e. The Morgan fingerprint density at radius 3 is 2.67 bits per heavy atom. The maximum Gasteiger partial charge on any atom is 0.315 e. The zero-order valence-electron chi connectivity index (χ0n) is 13.7. The smallest absolute Gasteiger partial charge is 0.315 e. The van der Waals surface area contributed by atoms with Gasteiger partial charge in [0.15, 0.2) is 0 Å². The highest BCUT2D eigenvalue weighted by Crippen LogP contribution is 2.22. The van der Waals surface area contributed by atoms with Crippen molar-refractivity contribution in [2.75, 3.05) is 13.2 Å². The number of hydrogen-bond donors (Lipinski definition) is 4. The minimum absolute atomic E-state index is 0.0828. The van der Waals surface area contributed by atoms with Gasteiger partial charge in [0.2, 0.25) is 0 Å². The Morgan fingerprint density at radius 2 is 2.04 bits per heavy atom. The van der Waals surface area contributed by atoms with Crippen molar-refractivity contribution in [2.45, 2.75) is 31.4 Å². The first-order chi connectivity index (χ1) is 11.5. The van der Waals surface area contributed by atoms with E-state index >= 15 is 0 Å². The van der Waals surface area contributed by atoms with Crippen LogP contribution >= 0.6 is 11.3 Å². The van der Waals surface area contributed by atoms with Crippen molar-refractivity contribution < 1.29 is 15.0 Å². The van der Waals surface area contributed by atoms with Gasteiger partial charge in [-0.15, -0.1) is 0 Å². The Bertz CT molecular complexity index is 614. The molecule has 6 heteroatoms. The van der Waals surface area contributed by atoms with Crippen LogP contribution in [0.4, 0.5) is 4.79 Å². The van der Waals surface area contributed by atoms with Gasteiger partial charge in [-0.25, -0.2) is 4.79 Å². The molecular formula is C18H24N2O3S. The Balaban J connectivity index is 1.93.